The van der Waals surface area contributed by atoms with Crippen LogP contribution in [0.1, 0.15) is 25.5 Å². The maximum atomic E-state index is 6.17. The molecule has 0 amide bonds. The molecule has 19 heavy (non-hydrogen) atoms. The van der Waals surface area contributed by atoms with Crippen molar-refractivity contribution in [2.75, 3.05) is 17.2 Å². The molecule has 0 saturated carbocycles. The molecular formula is C13H15Cl2N3S. The van der Waals surface area contributed by atoms with Gasteiger partial charge in [-0.25, -0.2) is 4.98 Å². The van der Waals surface area contributed by atoms with Crippen molar-refractivity contribution in [1.29, 1.82) is 0 Å². The summed E-state index contributed by atoms with van der Waals surface area (Å²) in [5.74, 6) is 1.29. The van der Waals surface area contributed by atoms with Crippen LogP contribution in [0.5, 0.6) is 0 Å². The van der Waals surface area contributed by atoms with Crippen molar-refractivity contribution in [3.63, 3.8) is 0 Å². The zero-order valence-corrected chi connectivity index (χ0v) is 13.0. The van der Waals surface area contributed by atoms with Crippen molar-refractivity contribution < 1.29 is 0 Å². The number of thiophene rings is 1. The van der Waals surface area contributed by atoms with E-state index in [2.05, 4.69) is 39.4 Å². The van der Waals surface area contributed by atoms with Crippen molar-refractivity contribution in [3.8, 4) is 0 Å². The number of hydrogen-bond acceptors (Lipinski definition) is 4. The molecule has 6 heteroatoms. The molecule has 2 rings (SSSR count). The van der Waals surface area contributed by atoms with E-state index in [0.717, 1.165) is 6.54 Å². The van der Waals surface area contributed by atoms with Crippen LogP contribution in [-0.2, 0) is 0 Å². The van der Waals surface area contributed by atoms with E-state index in [0.29, 0.717) is 21.7 Å². The predicted molar refractivity (Wildman–Crippen MR) is 84.8 cm³/mol. The SMILES string of the molecule is CCNc1nc(NC(C)c2ccsc2)c(Cl)cc1Cl. The van der Waals surface area contributed by atoms with E-state index in [-0.39, 0.29) is 6.04 Å². The van der Waals surface area contributed by atoms with Gasteiger partial charge in [-0.2, -0.15) is 11.3 Å². The third-order valence-corrected chi connectivity index (χ3v) is 3.95. The second kappa shape index (κ2) is 6.46. The fraction of sp³-hybridized carbons (Fsp3) is 0.308. The van der Waals surface area contributed by atoms with Crippen molar-refractivity contribution in [3.05, 3.63) is 38.5 Å². The number of hydrogen-bond donors (Lipinski definition) is 2. The van der Waals surface area contributed by atoms with Crippen LogP contribution in [0.15, 0.2) is 22.9 Å². The molecule has 0 bridgehead atoms. The third kappa shape index (κ3) is 3.53. The van der Waals surface area contributed by atoms with Gasteiger partial charge in [-0.05, 0) is 42.3 Å². The van der Waals surface area contributed by atoms with Crippen LogP contribution in [0.3, 0.4) is 0 Å². The Kier molecular flexibility index (Phi) is 4.91. The molecule has 0 aliphatic heterocycles. The van der Waals surface area contributed by atoms with Gasteiger partial charge in [0.05, 0.1) is 16.1 Å². The maximum Gasteiger partial charge on any atom is 0.147 e. The van der Waals surface area contributed by atoms with Crippen molar-refractivity contribution in [2.24, 2.45) is 0 Å². The standard InChI is InChI=1S/C13H15Cl2N3S/c1-3-16-12-10(14)6-11(15)13(18-12)17-8(2)9-4-5-19-7-9/h4-8H,3H2,1-2H3,(H2,16,17,18). The first-order valence-electron chi connectivity index (χ1n) is 6.00. The minimum atomic E-state index is 0.145. The number of nitrogens with one attached hydrogen (secondary N) is 2. The molecule has 102 valence electrons. The number of rotatable bonds is 5. The zero-order valence-electron chi connectivity index (χ0n) is 10.7. The Balaban J connectivity index is 2.22. The molecule has 0 saturated heterocycles. The molecular weight excluding hydrogens is 301 g/mol. The van der Waals surface area contributed by atoms with Gasteiger partial charge in [0, 0.05) is 6.54 Å². The van der Waals surface area contributed by atoms with Crippen LogP contribution in [0.25, 0.3) is 0 Å². The molecule has 0 radical (unpaired) electrons. The first-order valence-corrected chi connectivity index (χ1v) is 7.70. The fourth-order valence-corrected chi connectivity index (χ4v) is 2.90. The van der Waals surface area contributed by atoms with E-state index < -0.39 is 0 Å². The molecule has 1 atom stereocenters. The van der Waals surface area contributed by atoms with Crippen LogP contribution < -0.4 is 10.6 Å². The van der Waals surface area contributed by atoms with Crippen LogP contribution in [0.2, 0.25) is 10.0 Å². The Morgan fingerprint density at radius 3 is 2.68 bits per heavy atom. The third-order valence-electron chi connectivity index (χ3n) is 2.67. The highest BCUT2D eigenvalue weighted by molar-refractivity contribution is 7.08. The number of anilines is 2. The Morgan fingerprint density at radius 1 is 1.32 bits per heavy atom. The summed E-state index contributed by atoms with van der Waals surface area (Å²) in [4.78, 5) is 4.43. The van der Waals surface area contributed by atoms with Crippen LogP contribution in [0.4, 0.5) is 11.6 Å². The lowest BCUT2D eigenvalue weighted by Crippen LogP contribution is -2.09. The van der Waals surface area contributed by atoms with Gasteiger partial charge in [-0.15, -0.1) is 0 Å². The number of pyridine rings is 1. The number of aromatic nitrogens is 1. The molecule has 0 spiro atoms. The average molecular weight is 316 g/mol. The summed E-state index contributed by atoms with van der Waals surface area (Å²) in [5.41, 5.74) is 1.21. The zero-order chi connectivity index (χ0) is 13.8. The van der Waals surface area contributed by atoms with Gasteiger partial charge in [0.25, 0.3) is 0 Å². The first-order chi connectivity index (χ1) is 9.11. The van der Waals surface area contributed by atoms with E-state index in [9.17, 15) is 0 Å². The quantitative estimate of drug-likeness (QED) is 0.810. The lowest BCUT2D eigenvalue weighted by atomic mass is 10.2. The van der Waals surface area contributed by atoms with Crippen molar-refractivity contribution in [2.45, 2.75) is 19.9 Å². The molecule has 0 aliphatic carbocycles. The van der Waals surface area contributed by atoms with E-state index in [4.69, 9.17) is 23.2 Å². The van der Waals surface area contributed by atoms with Crippen molar-refractivity contribution >= 4 is 46.2 Å². The van der Waals surface area contributed by atoms with Gasteiger partial charge < -0.3 is 10.6 Å². The van der Waals surface area contributed by atoms with E-state index in [1.54, 1.807) is 17.4 Å². The Bertz CT molecular complexity index is 543. The summed E-state index contributed by atoms with van der Waals surface area (Å²) >= 11 is 13.9. The van der Waals surface area contributed by atoms with Gasteiger partial charge in [-0.1, -0.05) is 23.2 Å². The molecule has 0 aromatic carbocycles. The summed E-state index contributed by atoms with van der Waals surface area (Å²) in [6.07, 6.45) is 0. The van der Waals surface area contributed by atoms with Crippen molar-refractivity contribution in [1.82, 2.24) is 4.98 Å². The highest BCUT2D eigenvalue weighted by atomic mass is 35.5. The van der Waals surface area contributed by atoms with Gasteiger partial charge in [0.15, 0.2) is 0 Å². The summed E-state index contributed by atoms with van der Waals surface area (Å²) < 4.78 is 0. The molecule has 2 N–H and O–H groups in total. The minimum absolute atomic E-state index is 0.145. The Hall–Kier alpha value is -0.970. The van der Waals surface area contributed by atoms with E-state index >= 15 is 0 Å². The molecule has 0 aliphatic rings. The van der Waals surface area contributed by atoms with E-state index in [1.165, 1.54) is 5.56 Å². The minimum Gasteiger partial charge on any atom is -0.369 e. The normalized spacial score (nSPS) is 12.2. The fourth-order valence-electron chi connectivity index (χ4n) is 1.67. The van der Waals surface area contributed by atoms with Crippen LogP contribution in [-0.4, -0.2) is 11.5 Å². The highest BCUT2D eigenvalue weighted by Gasteiger charge is 2.12. The van der Waals surface area contributed by atoms with Gasteiger partial charge in [-0.3, -0.25) is 0 Å². The summed E-state index contributed by atoms with van der Waals surface area (Å²) in [5, 5.41) is 11.6. The maximum absolute atomic E-state index is 6.17. The first kappa shape index (κ1) is 14.4. The molecule has 3 nitrogen and oxygen atoms in total. The Morgan fingerprint density at radius 2 is 2.05 bits per heavy atom. The number of halogens is 2. The second-order valence-electron chi connectivity index (χ2n) is 4.10. The monoisotopic (exact) mass is 315 g/mol. The largest absolute Gasteiger partial charge is 0.369 e. The second-order valence-corrected chi connectivity index (χ2v) is 5.70. The van der Waals surface area contributed by atoms with Gasteiger partial charge in [0.1, 0.15) is 11.6 Å². The molecule has 2 aromatic heterocycles. The van der Waals surface area contributed by atoms with Gasteiger partial charge >= 0.3 is 0 Å². The van der Waals surface area contributed by atoms with E-state index in [1.807, 2.05) is 6.92 Å². The highest BCUT2D eigenvalue weighted by Crippen LogP contribution is 2.31. The molecule has 2 heterocycles. The molecule has 1 unspecified atom stereocenters. The summed E-state index contributed by atoms with van der Waals surface area (Å²) in [6.45, 7) is 4.82. The summed E-state index contributed by atoms with van der Waals surface area (Å²) in [6, 6.07) is 3.93. The number of nitrogens with zero attached hydrogens (tertiary/aromatic N) is 1. The molecule has 2 aromatic rings. The topological polar surface area (TPSA) is 37.0 Å². The lowest BCUT2D eigenvalue weighted by Gasteiger charge is -2.16. The smallest absolute Gasteiger partial charge is 0.147 e. The summed E-state index contributed by atoms with van der Waals surface area (Å²) in [7, 11) is 0. The Labute approximate surface area is 127 Å². The van der Waals surface area contributed by atoms with Crippen LogP contribution >= 0.6 is 34.5 Å². The molecule has 0 fully saturated rings. The average Bonchev–Trinajstić information content (AvgIpc) is 2.89. The lowest BCUT2D eigenvalue weighted by molar-refractivity contribution is 0.880. The van der Waals surface area contributed by atoms with Crippen LogP contribution in [0, 0.1) is 0 Å². The van der Waals surface area contributed by atoms with Gasteiger partial charge in [0.2, 0.25) is 0 Å². The predicted octanol–water partition coefficient (Wildman–Crippen LogP) is 5.05.